The van der Waals surface area contributed by atoms with Gasteiger partial charge in [-0.2, -0.15) is 0 Å². The molecule has 0 aromatic heterocycles. The predicted molar refractivity (Wildman–Crippen MR) is 108 cm³/mol. The number of aliphatic hydroxyl groups is 1. The Morgan fingerprint density at radius 3 is 2.29 bits per heavy atom. The van der Waals surface area contributed by atoms with Crippen molar-refractivity contribution in [3.63, 3.8) is 0 Å². The molecule has 1 radical (unpaired) electrons. The zero-order valence-corrected chi connectivity index (χ0v) is 18.6. The van der Waals surface area contributed by atoms with Crippen molar-refractivity contribution in [3.8, 4) is 0 Å². The molecule has 1 aliphatic heterocycles. The molecule has 0 bridgehead atoms. The predicted octanol–water partition coefficient (Wildman–Crippen LogP) is 4.08. The molecule has 149 valence electrons. The van der Waals surface area contributed by atoms with Crippen LogP contribution in [-0.4, -0.2) is 46.5 Å². The number of rotatable bonds is 2. The van der Waals surface area contributed by atoms with Crippen molar-refractivity contribution in [1.29, 1.82) is 0 Å². The van der Waals surface area contributed by atoms with Gasteiger partial charge >= 0.3 is 11.8 Å². The van der Waals surface area contributed by atoms with Gasteiger partial charge in [-0.3, -0.25) is 14.7 Å². The number of anilines is 1. The minimum atomic E-state index is -0.119. The first-order valence-corrected chi connectivity index (χ1v) is 8.37. The first-order chi connectivity index (χ1) is 12.8. The van der Waals surface area contributed by atoms with Crippen molar-refractivity contribution in [2.45, 2.75) is 13.8 Å². The molecule has 2 N–H and O–H groups in total. The molecule has 0 saturated heterocycles. The number of carbonyl (C=O) groups excluding carboxylic acids is 2. The molecular formula is C21H23IrN3O3. The number of hydrogen-bond donors (Lipinski definition) is 1. The van der Waals surface area contributed by atoms with Gasteiger partial charge in [0.1, 0.15) is 0 Å². The molecule has 0 spiro atoms. The summed E-state index contributed by atoms with van der Waals surface area (Å²) in [5, 5.41) is 8.40. The fourth-order valence-corrected chi connectivity index (χ4v) is 2.53. The van der Waals surface area contributed by atoms with Crippen LogP contribution in [0, 0.1) is 6.07 Å². The Balaban J connectivity index is 0.000000425. The summed E-state index contributed by atoms with van der Waals surface area (Å²) in [6.07, 6.45) is 1.28. The summed E-state index contributed by atoms with van der Waals surface area (Å²) in [6.45, 7) is 3.00. The SMILES string of the molecule is CC(=[OH+])/C=C(/C)O.CN1C(=O)N(C)c2ccccc2N=C1c1[c-]cccc1.[Ir]. The van der Waals surface area contributed by atoms with Gasteiger partial charge in [0.15, 0.2) is 0 Å². The summed E-state index contributed by atoms with van der Waals surface area (Å²) in [5.41, 5.74) is 2.38. The largest absolute Gasteiger partial charge is 0.512 e. The van der Waals surface area contributed by atoms with Gasteiger partial charge in [0.25, 0.3) is 0 Å². The molecule has 2 aromatic carbocycles. The molecule has 2 aromatic rings. The standard InChI is InChI=1S/C16H14N3O.C5H8O2.Ir/c1-18-14-11-7-6-10-13(14)17-15(19(2)16(18)20)12-8-4-3-5-9-12;1-4(6)3-5(2)7;/h3-8,10-11H,1-2H3;3,6H,1-2H3;/q-1;;/p+1/b;4-3-;. The van der Waals surface area contributed by atoms with Gasteiger partial charge < -0.3 is 10.0 Å². The maximum atomic E-state index is 12.4. The van der Waals surface area contributed by atoms with E-state index in [1.54, 1.807) is 23.9 Å². The van der Waals surface area contributed by atoms with Crippen LogP contribution in [0.15, 0.2) is 65.4 Å². The Morgan fingerprint density at radius 2 is 1.75 bits per heavy atom. The Hall–Kier alpha value is -2.76. The van der Waals surface area contributed by atoms with E-state index in [1.807, 2.05) is 48.5 Å². The molecule has 7 heteroatoms. The first kappa shape index (κ1) is 23.3. The van der Waals surface area contributed by atoms with Crippen molar-refractivity contribution in [3.05, 3.63) is 72.0 Å². The van der Waals surface area contributed by atoms with Crippen molar-refractivity contribution >= 4 is 29.0 Å². The number of amides is 2. The summed E-state index contributed by atoms with van der Waals surface area (Å²) in [6, 6.07) is 18.1. The molecule has 0 unspecified atom stereocenters. The number of aliphatic imine (C=N–C) groups is 1. The number of hydrogen-bond acceptors (Lipinski definition) is 3. The first-order valence-electron chi connectivity index (χ1n) is 8.37. The smallest absolute Gasteiger partial charge is 0.321 e. The number of aliphatic hydroxyl groups excluding tert-OH is 1. The van der Waals surface area contributed by atoms with E-state index in [1.165, 1.54) is 19.9 Å². The molecule has 0 fully saturated rings. The van der Waals surface area contributed by atoms with E-state index in [-0.39, 0.29) is 37.7 Å². The minimum Gasteiger partial charge on any atom is -0.512 e. The average molecular weight is 558 g/mol. The van der Waals surface area contributed by atoms with Crippen LogP contribution < -0.4 is 4.90 Å². The number of allylic oxidation sites excluding steroid dienone is 2. The second-order valence-corrected chi connectivity index (χ2v) is 6.03. The molecule has 1 aliphatic rings. The number of fused-ring (bicyclic) bond motifs is 1. The van der Waals surface area contributed by atoms with Crippen LogP contribution in [-0.2, 0) is 20.1 Å². The summed E-state index contributed by atoms with van der Waals surface area (Å²) in [4.78, 5) is 28.6. The molecule has 1 heterocycles. The van der Waals surface area contributed by atoms with E-state index in [0.717, 1.165) is 16.9 Å². The third-order valence-electron chi connectivity index (χ3n) is 3.73. The van der Waals surface area contributed by atoms with Gasteiger partial charge in [0.2, 0.25) is 0 Å². The van der Waals surface area contributed by atoms with Gasteiger partial charge in [-0.15, -0.1) is 35.9 Å². The van der Waals surface area contributed by atoms with Gasteiger partial charge in [-0.25, -0.2) is 4.79 Å². The molecule has 0 atom stereocenters. The van der Waals surface area contributed by atoms with E-state index in [0.29, 0.717) is 5.84 Å². The number of benzene rings is 2. The normalized spacial score (nSPS) is 13.4. The summed E-state index contributed by atoms with van der Waals surface area (Å²) in [5.74, 6) is 0.854. The molecule has 6 nitrogen and oxygen atoms in total. The van der Waals surface area contributed by atoms with Crippen LogP contribution in [0.4, 0.5) is 16.2 Å². The van der Waals surface area contributed by atoms with E-state index in [9.17, 15) is 4.79 Å². The van der Waals surface area contributed by atoms with Crippen LogP contribution in [0.5, 0.6) is 0 Å². The second kappa shape index (κ2) is 10.5. The fourth-order valence-electron chi connectivity index (χ4n) is 2.53. The van der Waals surface area contributed by atoms with Gasteiger partial charge in [0, 0.05) is 34.2 Å². The number of nitrogens with zero attached hydrogens (tertiary/aromatic N) is 3. The van der Waals surface area contributed by atoms with Crippen LogP contribution >= 0.6 is 0 Å². The Morgan fingerprint density at radius 1 is 1.11 bits per heavy atom. The van der Waals surface area contributed by atoms with Crippen molar-refractivity contribution in [1.82, 2.24) is 4.90 Å². The third-order valence-corrected chi connectivity index (χ3v) is 3.73. The molecule has 28 heavy (non-hydrogen) atoms. The third kappa shape index (κ3) is 5.87. The van der Waals surface area contributed by atoms with Crippen LogP contribution in [0.25, 0.3) is 0 Å². The summed E-state index contributed by atoms with van der Waals surface area (Å²) < 4.78 is 0. The second-order valence-electron chi connectivity index (χ2n) is 6.03. The molecule has 3 rings (SSSR count). The van der Waals surface area contributed by atoms with Crippen molar-refractivity contribution in [2.75, 3.05) is 19.0 Å². The van der Waals surface area contributed by atoms with Crippen LogP contribution in [0.1, 0.15) is 19.4 Å². The van der Waals surface area contributed by atoms with Gasteiger partial charge in [-0.1, -0.05) is 12.1 Å². The maximum absolute atomic E-state index is 12.4. The minimum absolute atomic E-state index is 0. The van der Waals surface area contributed by atoms with E-state index in [2.05, 4.69) is 11.1 Å². The van der Waals surface area contributed by atoms with Gasteiger partial charge in [-0.05, 0) is 19.1 Å². The fraction of sp³-hybridized carbons (Fsp3) is 0.190. The zero-order valence-electron chi connectivity index (χ0n) is 16.2. The summed E-state index contributed by atoms with van der Waals surface area (Å²) >= 11 is 0. The van der Waals surface area contributed by atoms with Crippen LogP contribution in [0.2, 0.25) is 0 Å². The molecule has 0 saturated carbocycles. The van der Waals surface area contributed by atoms with Gasteiger partial charge in [0.05, 0.1) is 36.0 Å². The number of carbonyl (C=O) groups is 1. The quantitative estimate of drug-likeness (QED) is 0.262. The van der Waals surface area contributed by atoms with E-state index in [4.69, 9.17) is 9.90 Å². The maximum Gasteiger partial charge on any atom is 0.321 e. The monoisotopic (exact) mass is 558 g/mol. The molecule has 2 amide bonds. The Bertz CT molecular complexity index is 891. The number of ketones is 1. The Labute approximate surface area is 178 Å². The van der Waals surface area contributed by atoms with Crippen LogP contribution in [0.3, 0.4) is 0 Å². The van der Waals surface area contributed by atoms with E-state index < -0.39 is 0 Å². The summed E-state index contributed by atoms with van der Waals surface area (Å²) in [7, 11) is 3.48. The number of urea groups is 1. The van der Waals surface area contributed by atoms with Crippen molar-refractivity contribution in [2.24, 2.45) is 4.99 Å². The molecular weight excluding hydrogens is 534 g/mol. The Kier molecular flexibility index (Phi) is 8.76. The number of amidine groups is 1. The number of para-hydroxylation sites is 2. The van der Waals surface area contributed by atoms with E-state index >= 15 is 0 Å². The zero-order chi connectivity index (χ0) is 20.0. The molecule has 0 aliphatic carbocycles. The average Bonchev–Trinajstić information content (AvgIpc) is 2.73. The topological polar surface area (TPSA) is 77.5 Å². The van der Waals surface area contributed by atoms with Crippen molar-refractivity contribution < 1.29 is 34.8 Å².